The fourth-order valence-electron chi connectivity index (χ4n) is 2.80. The van der Waals surface area contributed by atoms with Gasteiger partial charge in [-0.25, -0.2) is 4.68 Å². The fraction of sp³-hybridized carbons (Fsp3) is 0.333. The first-order valence-electron chi connectivity index (χ1n) is 8.86. The molecule has 1 aliphatic carbocycles. The minimum atomic E-state index is 0.491. The molecule has 0 bridgehead atoms. The molecule has 4 nitrogen and oxygen atoms in total. The van der Waals surface area contributed by atoms with Gasteiger partial charge in [-0.2, -0.15) is 5.10 Å². The predicted molar refractivity (Wildman–Crippen MR) is 110 cm³/mol. The molecule has 0 spiro atoms. The van der Waals surface area contributed by atoms with E-state index in [4.69, 9.17) is 9.84 Å². The predicted octanol–water partition coefficient (Wildman–Crippen LogP) is 4.89. The minimum absolute atomic E-state index is 0.491. The van der Waals surface area contributed by atoms with Crippen LogP contribution in [0.4, 0.5) is 0 Å². The van der Waals surface area contributed by atoms with Crippen molar-refractivity contribution in [3.8, 4) is 17.0 Å². The van der Waals surface area contributed by atoms with Crippen molar-refractivity contribution in [3.63, 3.8) is 0 Å². The van der Waals surface area contributed by atoms with Gasteiger partial charge >= 0.3 is 0 Å². The van der Waals surface area contributed by atoms with E-state index in [1.54, 1.807) is 18.4 Å². The summed E-state index contributed by atoms with van der Waals surface area (Å²) in [5.74, 6) is 1.34. The third-order valence-electron chi connectivity index (χ3n) is 4.26. The third-order valence-corrected chi connectivity index (χ3v) is 5.11. The lowest BCUT2D eigenvalue weighted by Gasteiger charge is -2.12. The Bertz CT molecular complexity index is 871. The average molecular weight is 368 g/mol. The normalized spacial score (nSPS) is 17.8. The first-order chi connectivity index (χ1) is 12.7. The van der Waals surface area contributed by atoms with Gasteiger partial charge in [-0.05, 0) is 56.4 Å². The van der Waals surface area contributed by atoms with Gasteiger partial charge in [-0.1, -0.05) is 24.3 Å². The van der Waals surface area contributed by atoms with Crippen LogP contribution in [0.1, 0.15) is 26.2 Å². The molecule has 0 fully saturated rings. The van der Waals surface area contributed by atoms with E-state index in [9.17, 15) is 0 Å². The van der Waals surface area contributed by atoms with Gasteiger partial charge < -0.3 is 4.74 Å². The van der Waals surface area contributed by atoms with Crippen molar-refractivity contribution in [1.29, 1.82) is 0 Å². The molecule has 2 aromatic rings. The van der Waals surface area contributed by atoms with Gasteiger partial charge in [0.1, 0.15) is 5.75 Å². The van der Waals surface area contributed by atoms with Gasteiger partial charge in [0.25, 0.3) is 0 Å². The summed E-state index contributed by atoms with van der Waals surface area (Å²) >= 11 is 1.61. The molecular weight excluding hydrogens is 342 g/mol. The van der Waals surface area contributed by atoms with Crippen molar-refractivity contribution >= 4 is 17.6 Å². The fourth-order valence-corrected chi connectivity index (χ4v) is 3.63. The van der Waals surface area contributed by atoms with Crippen LogP contribution in [0.2, 0.25) is 0 Å². The zero-order valence-electron chi connectivity index (χ0n) is 15.4. The zero-order chi connectivity index (χ0) is 18.4. The van der Waals surface area contributed by atoms with Gasteiger partial charge in [-0.3, -0.25) is 4.99 Å². The van der Waals surface area contributed by atoms with Gasteiger partial charge in [0.15, 0.2) is 0 Å². The summed E-state index contributed by atoms with van der Waals surface area (Å²) < 4.78 is 7.22. The number of methoxy groups -OCH3 is 1. The lowest BCUT2D eigenvalue weighted by atomic mass is 9.96. The van der Waals surface area contributed by atoms with Gasteiger partial charge in [0, 0.05) is 17.2 Å². The Morgan fingerprint density at radius 1 is 1.35 bits per heavy atom. The second-order valence-corrected chi connectivity index (χ2v) is 7.36. The average Bonchev–Trinajstić information content (AvgIpc) is 3.08. The smallest absolute Gasteiger partial charge is 0.206 e. The maximum atomic E-state index is 5.26. The van der Waals surface area contributed by atoms with Crippen LogP contribution in [0.5, 0.6) is 5.75 Å². The molecule has 1 atom stereocenters. The van der Waals surface area contributed by atoms with Crippen LogP contribution >= 0.6 is 11.3 Å². The molecule has 0 saturated heterocycles. The molecule has 0 aliphatic heterocycles. The van der Waals surface area contributed by atoms with E-state index in [1.807, 2.05) is 23.7 Å². The van der Waals surface area contributed by atoms with Crippen LogP contribution in [0.3, 0.4) is 0 Å². The standard InChI is InChI=1S/C21H25N3OS/c1-16(2)13-22-21-24(23-14-17-7-5-4-6-8-17)20(15-26-21)18-9-11-19(25-3)12-10-18/h4-5,9-12,14-15,17H,1,6-8,13H2,2-3H3. The van der Waals surface area contributed by atoms with Crippen LogP contribution in [0.15, 0.2) is 64.0 Å². The van der Waals surface area contributed by atoms with E-state index in [-0.39, 0.29) is 0 Å². The monoisotopic (exact) mass is 367 g/mol. The molecule has 5 heteroatoms. The van der Waals surface area contributed by atoms with Crippen molar-refractivity contribution in [3.05, 3.63) is 58.8 Å². The van der Waals surface area contributed by atoms with Gasteiger partial charge in [-0.15, -0.1) is 11.3 Å². The molecule has 3 rings (SSSR count). The summed E-state index contributed by atoms with van der Waals surface area (Å²) in [6, 6.07) is 8.05. The van der Waals surface area contributed by atoms with Crippen LogP contribution in [-0.4, -0.2) is 24.5 Å². The Kier molecular flexibility index (Phi) is 6.23. The molecule has 1 heterocycles. The molecule has 26 heavy (non-hydrogen) atoms. The van der Waals surface area contributed by atoms with Crippen molar-refractivity contribution < 1.29 is 4.74 Å². The van der Waals surface area contributed by atoms with E-state index < -0.39 is 0 Å². The molecule has 0 radical (unpaired) electrons. The van der Waals surface area contributed by atoms with Gasteiger partial charge in [0.2, 0.25) is 4.80 Å². The number of hydrogen-bond acceptors (Lipinski definition) is 4. The number of rotatable bonds is 6. The molecule has 0 amide bonds. The third kappa shape index (κ3) is 4.61. The highest BCUT2D eigenvalue weighted by Gasteiger charge is 2.10. The summed E-state index contributed by atoms with van der Waals surface area (Å²) in [6.07, 6.45) is 9.91. The van der Waals surface area contributed by atoms with E-state index in [0.717, 1.165) is 46.6 Å². The summed E-state index contributed by atoms with van der Waals surface area (Å²) in [4.78, 5) is 5.57. The van der Waals surface area contributed by atoms with Crippen molar-refractivity contribution in [2.45, 2.75) is 26.2 Å². The largest absolute Gasteiger partial charge is 0.497 e. The first kappa shape index (κ1) is 18.4. The van der Waals surface area contributed by atoms with Crippen molar-refractivity contribution in [2.24, 2.45) is 16.0 Å². The Morgan fingerprint density at radius 3 is 2.81 bits per heavy atom. The van der Waals surface area contributed by atoms with Crippen LogP contribution in [0.25, 0.3) is 11.3 Å². The number of nitrogens with zero attached hydrogens (tertiary/aromatic N) is 3. The molecule has 0 saturated carbocycles. The first-order valence-corrected chi connectivity index (χ1v) is 9.74. The lowest BCUT2D eigenvalue weighted by Crippen LogP contribution is -2.14. The van der Waals surface area contributed by atoms with Crippen LogP contribution in [-0.2, 0) is 0 Å². The van der Waals surface area contributed by atoms with E-state index in [2.05, 4.69) is 47.5 Å². The van der Waals surface area contributed by atoms with E-state index in [1.165, 1.54) is 0 Å². The molecule has 1 aliphatic rings. The van der Waals surface area contributed by atoms with E-state index >= 15 is 0 Å². The molecule has 0 N–H and O–H groups in total. The van der Waals surface area contributed by atoms with E-state index in [0.29, 0.717) is 12.5 Å². The Labute approximate surface area is 158 Å². The summed E-state index contributed by atoms with van der Waals surface area (Å²) in [6.45, 7) is 6.55. The second-order valence-electron chi connectivity index (χ2n) is 6.53. The quantitative estimate of drug-likeness (QED) is 0.529. The number of aromatic nitrogens is 1. The Morgan fingerprint density at radius 2 is 2.15 bits per heavy atom. The van der Waals surface area contributed by atoms with Crippen molar-refractivity contribution in [1.82, 2.24) is 4.68 Å². The number of thiazole rings is 1. The molecular formula is C21H25N3OS. The second kappa shape index (κ2) is 8.81. The maximum Gasteiger partial charge on any atom is 0.206 e. The summed E-state index contributed by atoms with van der Waals surface area (Å²) in [5.41, 5.74) is 3.18. The Balaban J connectivity index is 1.97. The molecule has 1 unspecified atom stereocenters. The minimum Gasteiger partial charge on any atom is -0.497 e. The maximum absolute atomic E-state index is 5.26. The molecule has 1 aromatic heterocycles. The molecule has 1 aromatic carbocycles. The highest BCUT2D eigenvalue weighted by atomic mass is 32.1. The summed E-state index contributed by atoms with van der Waals surface area (Å²) in [7, 11) is 1.68. The summed E-state index contributed by atoms with van der Waals surface area (Å²) in [5, 5.41) is 6.91. The van der Waals surface area contributed by atoms with Crippen molar-refractivity contribution in [2.75, 3.05) is 13.7 Å². The molecule has 136 valence electrons. The number of ether oxygens (including phenoxy) is 1. The highest BCUT2D eigenvalue weighted by Crippen LogP contribution is 2.23. The Hall–Kier alpha value is -2.40. The zero-order valence-corrected chi connectivity index (χ0v) is 16.2. The number of hydrogen-bond donors (Lipinski definition) is 0. The topological polar surface area (TPSA) is 38.9 Å². The van der Waals surface area contributed by atoms with Crippen LogP contribution in [0, 0.1) is 5.92 Å². The number of benzene rings is 1. The lowest BCUT2D eigenvalue weighted by molar-refractivity contribution is 0.415. The number of allylic oxidation sites excluding steroid dienone is 2. The SMILES string of the molecule is C=C(C)CN=c1scc(-c2ccc(OC)cc2)n1N=CC1CC=CCC1. The van der Waals surface area contributed by atoms with Crippen LogP contribution < -0.4 is 9.54 Å². The van der Waals surface area contributed by atoms with Gasteiger partial charge in [0.05, 0.1) is 19.3 Å². The highest BCUT2D eigenvalue weighted by molar-refractivity contribution is 7.07.